The predicted molar refractivity (Wildman–Crippen MR) is 119 cm³/mol. The van der Waals surface area contributed by atoms with Crippen LogP contribution in [0.1, 0.15) is 42.5 Å². The Morgan fingerprint density at radius 1 is 1.10 bits per heavy atom. The van der Waals surface area contributed by atoms with Crippen LogP contribution < -0.4 is 10.5 Å². The number of carbonyl (C=O) groups is 1. The van der Waals surface area contributed by atoms with Gasteiger partial charge in [0.25, 0.3) is 5.56 Å². The molecule has 0 saturated heterocycles. The van der Waals surface area contributed by atoms with Crippen LogP contribution in [0.15, 0.2) is 59.9 Å². The highest BCUT2D eigenvalue weighted by atomic mass is 16.2. The molecule has 0 saturated carbocycles. The summed E-state index contributed by atoms with van der Waals surface area (Å²) >= 11 is 0. The molecule has 7 heteroatoms. The van der Waals surface area contributed by atoms with Crippen LogP contribution in [0.5, 0.6) is 0 Å². The van der Waals surface area contributed by atoms with E-state index in [1.807, 2.05) is 22.9 Å². The smallest absolute Gasteiger partial charge is 0.267 e. The second-order valence-corrected chi connectivity index (χ2v) is 8.13. The molecule has 0 unspecified atom stereocenters. The Kier molecular flexibility index (Phi) is 5.24. The van der Waals surface area contributed by atoms with Gasteiger partial charge in [-0.25, -0.2) is 9.67 Å². The number of aromatic nitrogens is 4. The predicted octanol–water partition coefficient (Wildman–Crippen LogP) is 3.03. The lowest BCUT2D eigenvalue weighted by Gasteiger charge is -2.19. The number of carbonyl (C=O) groups excluding carboxylic acids is 1. The second-order valence-electron chi connectivity index (χ2n) is 8.13. The zero-order valence-corrected chi connectivity index (χ0v) is 17.4. The van der Waals surface area contributed by atoms with E-state index in [9.17, 15) is 9.59 Å². The average Bonchev–Trinajstić information content (AvgIpc) is 3.46. The minimum atomic E-state index is -0.248. The van der Waals surface area contributed by atoms with Crippen LogP contribution in [0.4, 0.5) is 5.69 Å². The molecule has 158 valence electrons. The van der Waals surface area contributed by atoms with Gasteiger partial charge in [0.15, 0.2) is 0 Å². The summed E-state index contributed by atoms with van der Waals surface area (Å²) in [5.41, 5.74) is 5.03. The first-order valence-electron chi connectivity index (χ1n) is 10.8. The van der Waals surface area contributed by atoms with Gasteiger partial charge in [-0.1, -0.05) is 18.2 Å². The van der Waals surface area contributed by atoms with Gasteiger partial charge in [-0.15, -0.1) is 0 Å². The number of nitrogens with zero attached hydrogens (tertiary/aromatic N) is 5. The molecule has 0 fully saturated rings. The largest absolute Gasteiger partial charge is 0.333 e. The van der Waals surface area contributed by atoms with Crippen LogP contribution >= 0.6 is 0 Å². The highest BCUT2D eigenvalue weighted by molar-refractivity contribution is 5.95. The summed E-state index contributed by atoms with van der Waals surface area (Å²) in [5.74, 6) is -0.108. The van der Waals surface area contributed by atoms with Crippen LogP contribution in [-0.2, 0) is 24.3 Å². The summed E-state index contributed by atoms with van der Waals surface area (Å²) in [5, 5.41) is 4.51. The molecule has 7 nitrogen and oxygen atoms in total. The van der Waals surface area contributed by atoms with Crippen molar-refractivity contribution < 1.29 is 4.79 Å². The molecule has 1 amide bonds. The fraction of sp³-hybridized carbons (Fsp3) is 0.333. The molecule has 1 aliphatic heterocycles. The Hall–Kier alpha value is -3.48. The first-order valence-corrected chi connectivity index (χ1v) is 10.8. The summed E-state index contributed by atoms with van der Waals surface area (Å²) in [6, 6.07) is 9.36. The van der Waals surface area contributed by atoms with Crippen molar-refractivity contribution in [2.24, 2.45) is 0 Å². The van der Waals surface area contributed by atoms with E-state index in [0.717, 1.165) is 43.6 Å². The van der Waals surface area contributed by atoms with Crippen LogP contribution in [0.3, 0.4) is 0 Å². The first-order chi connectivity index (χ1) is 15.2. The number of allylic oxidation sites excluding steroid dienone is 2. The summed E-state index contributed by atoms with van der Waals surface area (Å²) in [6.07, 6.45) is 12.8. The van der Waals surface area contributed by atoms with Gasteiger partial charge in [0.1, 0.15) is 6.54 Å². The van der Waals surface area contributed by atoms with E-state index in [2.05, 4.69) is 22.2 Å². The number of anilines is 1. The third-order valence-corrected chi connectivity index (χ3v) is 6.11. The van der Waals surface area contributed by atoms with Crippen molar-refractivity contribution in [3.8, 4) is 0 Å². The molecule has 5 rings (SSSR count). The molecule has 3 aromatic rings. The second kappa shape index (κ2) is 8.34. The van der Waals surface area contributed by atoms with E-state index in [4.69, 9.17) is 0 Å². The number of rotatable bonds is 5. The van der Waals surface area contributed by atoms with Crippen LogP contribution in [-0.4, -0.2) is 31.8 Å². The van der Waals surface area contributed by atoms with E-state index in [1.54, 1.807) is 23.5 Å². The van der Waals surface area contributed by atoms with E-state index in [0.29, 0.717) is 6.54 Å². The standard InChI is InChI=1S/C24H25N5O2/c30-23-10-9-21(18-5-2-1-3-6-18)26-29(23)16-24(31)28-13-11-20-19(7-4-8-22(20)28)15-27-14-12-25-17-27/h4-5,7-10,12,14,17H,1-3,6,11,13,15-16H2. The van der Waals surface area contributed by atoms with Gasteiger partial charge in [0.05, 0.1) is 12.0 Å². The highest BCUT2D eigenvalue weighted by Gasteiger charge is 2.27. The van der Waals surface area contributed by atoms with Gasteiger partial charge in [-0.05, 0) is 60.9 Å². The highest BCUT2D eigenvalue weighted by Crippen LogP contribution is 2.31. The van der Waals surface area contributed by atoms with Crippen LogP contribution in [0, 0.1) is 0 Å². The van der Waals surface area contributed by atoms with Gasteiger partial charge in [-0.2, -0.15) is 5.10 Å². The van der Waals surface area contributed by atoms with Crippen molar-refractivity contribution in [3.63, 3.8) is 0 Å². The molecule has 2 aliphatic rings. The van der Waals surface area contributed by atoms with E-state index >= 15 is 0 Å². The molecule has 0 N–H and O–H groups in total. The number of amides is 1. The summed E-state index contributed by atoms with van der Waals surface area (Å²) in [6.45, 7) is 1.29. The molecule has 31 heavy (non-hydrogen) atoms. The quantitative estimate of drug-likeness (QED) is 0.642. The van der Waals surface area contributed by atoms with E-state index < -0.39 is 0 Å². The SMILES string of the molecule is O=C(Cn1nc(C2=CCCCC2)ccc1=O)N1CCc2c(Cn3ccnc3)cccc21. The molecule has 0 bridgehead atoms. The summed E-state index contributed by atoms with van der Waals surface area (Å²) in [4.78, 5) is 31.4. The third-order valence-electron chi connectivity index (χ3n) is 6.11. The Bertz CT molecular complexity index is 1190. The lowest BCUT2D eigenvalue weighted by Crippen LogP contribution is -2.36. The first kappa shape index (κ1) is 19.5. The molecule has 0 spiro atoms. The van der Waals surface area contributed by atoms with Gasteiger partial charge < -0.3 is 9.47 Å². The monoisotopic (exact) mass is 415 g/mol. The van der Waals surface area contributed by atoms with Crippen molar-refractivity contribution in [2.75, 3.05) is 11.4 Å². The van der Waals surface area contributed by atoms with Gasteiger partial charge in [-0.3, -0.25) is 9.59 Å². The van der Waals surface area contributed by atoms with Gasteiger partial charge >= 0.3 is 0 Å². The van der Waals surface area contributed by atoms with Crippen LogP contribution in [0.25, 0.3) is 5.57 Å². The number of fused-ring (bicyclic) bond motifs is 1. The molecule has 0 atom stereocenters. The van der Waals surface area contributed by atoms with Crippen molar-refractivity contribution in [3.05, 3.63) is 82.3 Å². The van der Waals surface area contributed by atoms with E-state index in [1.165, 1.54) is 33.9 Å². The number of hydrogen-bond acceptors (Lipinski definition) is 4. The molecule has 1 aliphatic carbocycles. The van der Waals surface area contributed by atoms with Gasteiger partial charge in [0.2, 0.25) is 5.91 Å². The number of benzene rings is 1. The fourth-order valence-corrected chi connectivity index (χ4v) is 4.51. The maximum atomic E-state index is 13.1. The molecule has 2 aromatic heterocycles. The van der Waals surface area contributed by atoms with Crippen LogP contribution in [0.2, 0.25) is 0 Å². The topological polar surface area (TPSA) is 73.0 Å². The Labute approximate surface area is 180 Å². The summed E-state index contributed by atoms with van der Waals surface area (Å²) < 4.78 is 3.33. The lowest BCUT2D eigenvalue weighted by molar-refractivity contribution is -0.119. The molecular weight excluding hydrogens is 390 g/mol. The normalized spacial score (nSPS) is 15.6. The Balaban J connectivity index is 1.37. The molecule has 3 heterocycles. The van der Waals surface area contributed by atoms with E-state index in [-0.39, 0.29) is 18.0 Å². The maximum Gasteiger partial charge on any atom is 0.267 e. The van der Waals surface area contributed by atoms with Gasteiger partial charge in [0, 0.05) is 37.2 Å². The minimum absolute atomic E-state index is 0.0505. The maximum absolute atomic E-state index is 13.1. The Morgan fingerprint density at radius 3 is 2.84 bits per heavy atom. The van der Waals surface area contributed by atoms with Crippen molar-refractivity contribution in [1.82, 2.24) is 19.3 Å². The lowest BCUT2D eigenvalue weighted by atomic mass is 9.97. The minimum Gasteiger partial charge on any atom is -0.333 e. The Morgan fingerprint density at radius 2 is 2.03 bits per heavy atom. The van der Waals surface area contributed by atoms with Crippen molar-refractivity contribution in [1.29, 1.82) is 0 Å². The number of hydrogen-bond donors (Lipinski definition) is 0. The number of imidazole rings is 1. The summed E-state index contributed by atoms with van der Waals surface area (Å²) in [7, 11) is 0. The van der Waals surface area contributed by atoms with Crippen molar-refractivity contribution in [2.45, 2.75) is 45.2 Å². The third kappa shape index (κ3) is 3.95. The average molecular weight is 415 g/mol. The zero-order chi connectivity index (χ0) is 21.2. The fourth-order valence-electron chi connectivity index (χ4n) is 4.51. The molecular formula is C24H25N5O2. The molecule has 1 aromatic carbocycles. The zero-order valence-electron chi connectivity index (χ0n) is 17.4. The molecule has 0 radical (unpaired) electrons. The van der Waals surface area contributed by atoms with Crippen molar-refractivity contribution >= 4 is 17.2 Å².